The molecular formula is C13H19N5O3. The van der Waals surface area contributed by atoms with Gasteiger partial charge in [0.05, 0.1) is 23.3 Å². The monoisotopic (exact) mass is 293 g/mol. The van der Waals surface area contributed by atoms with Crippen molar-refractivity contribution in [2.24, 2.45) is 0 Å². The Hall–Kier alpha value is -2.25. The van der Waals surface area contributed by atoms with Gasteiger partial charge in [-0.1, -0.05) is 12.8 Å². The van der Waals surface area contributed by atoms with Crippen molar-refractivity contribution in [1.82, 2.24) is 20.5 Å². The highest BCUT2D eigenvalue weighted by Gasteiger charge is 2.37. The van der Waals surface area contributed by atoms with Gasteiger partial charge in [-0.2, -0.15) is 5.10 Å². The lowest BCUT2D eigenvalue weighted by Gasteiger charge is -2.28. The molecule has 1 heterocycles. The Morgan fingerprint density at radius 2 is 1.86 bits per heavy atom. The van der Waals surface area contributed by atoms with Crippen molar-refractivity contribution in [2.45, 2.75) is 51.5 Å². The molecule has 8 heteroatoms. The molecule has 1 fully saturated rings. The number of amides is 2. The number of carboxylic acids is 1. The average molecular weight is 293 g/mol. The molecule has 3 N–H and O–H groups in total. The number of carbonyl (C=O) groups excluding carboxylic acids is 1. The second-order valence-electron chi connectivity index (χ2n) is 5.44. The molecule has 0 radical (unpaired) electrons. The van der Waals surface area contributed by atoms with E-state index in [2.05, 4.69) is 25.8 Å². The Bertz CT molecular complexity index is 555. The van der Waals surface area contributed by atoms with Gasteiger partial charge in [0.1, 0.15) is 0 Å². The molecule has 1 aliphatic carbocycles. The number of urea groups is 1. The summed E-state index contributed by atoms with van der Waals surface area (Å²) in [6.45, 7) is 3.55. The Morgan fingerprint density at radius 3 is 2.43 bits per heavy atom. The molecule has 114 valence electrons. The standard InChI is InChI=1S/C13H19N5O3/c1-8-9(2)17-18-11(14-8)15-12(21)16-13(7-10(19)20)5-3-4-6-13/h3-7H2,1-2H3,(H,19,20)(H2,14,15,16,18,21). The fraction of sp³-hybridized carbons (Fsp3) is 0.615. The molecule has 1 aromatic rings. The maximum atomic E-state index is 12.0. The van der Waals surface area contributed by atoms with Crippen LogP contribution in [-0.2, 0) is 4.79 Å². The van der Waals surface area contributed by atoms with E-state index >= 15 is 0 Å². The van der Waals surface area contributed by atoms with Gasteiger partial charge in [0.2, 0.25) is 0 Å². The van der Waals surface area contributed by atoms with Crippen molar-refractivity contribution in [3.63, 3.8) is 0 Å². The van der Waals surface area contributed by atoms with E-state index in [1.54, 1.807) is 13.8 Å². The number of nitrogens with zero attached hydrogens (tertiary/aromatic N) is 3. The highest BCUT2D eigenvalue weighted by molar-refractivity contribution is 5.88. The second kappa shape index (κ2) is 6.02. The fourth-order valence-corrected chi connectivity index (χ4v) is 2.57. The molecule has 1 saturated carbocycles. The maximum Gasteiger partial charge on any atom is 0.322 e. The van der Waals surface area contributed by atoms with Gasteiger partial charge in [-0.15, -0.1) is 5.10 Å². The highest BCUT2D eigenvalue weighted by atomic mass is 16.4. The summed E-state index contributed by atoms with van der Waals surface area (Å²) < 4.78 is 0. The predicted octanol–water partition coefficient (Wildman–Crippen LogP) is 1.40. The molecule has 0 bridgehead atoms. The van der Waals surface area contributed by atoms with Gasteiger partial charge in [-0.25, -0.2) is 9.78 Å². The van der Waals surface area contributed by atoms with Crippen LogP contribution in [0.1, 0.15) is 43.5 Å². The number of nitrogens with one attached hydrogen (secondary N) is 2. The van der Waals surface area contributed by atoms with E-state index in [9.17, 15) is 9.59 Å². The largest absolute Gasteiger partial charge is 0.481 e. The van der Waals surface area contributed by atoms with Crippen molar-refractivity contribution in [3.05, 3.63) is 11.4 Å². The lowest BCUT2D eigenvalue weighted by atomic mass is 9.93. The molecule has 1 aromatic heterocycles. The molecule has 21 heavy (non-hydrogen) atoms. The van der Waals surface area contributed by atoms with E-state index < -0.39 is 17.5 Å². The zero-order valence-corrected chi connectivity index (χ0v) is 12.1. The Morgan fingerprint density at radius 1 is 1.19 bits per heavy atom. The third-order valence-corrected chi connectivity index (χ3v) is 3.75. The van der Waals surface area contributed by atoms with Crippen LogP contribution in [0.2, 0.25) is 0 Å². The first kappa shape index (κ1) is 15.1. The van der Waals surface area contributed by atoms with Crippen LogP contribution in [0.4, 0.5) is 10.7 Å². The number of aromatic nitrogens is 3. The second-order valence-corrected chi connectivity index (χ2v) is 5.44. The summed E-state index contributed by atoms with van der Waals surface area (Å²) in [7, 11) is 0. The first-order valence-corrected chi connectivity index (χ1v) is 6.89. The molecule has 0 atom stereocenters. The predicted molar refractivity (Wildman–Crippen MR) is 74.9 cm³/mol. The van der Waals surface area contributed by atoms with Gasteiger partial charge in [-0.05, 0) is 26.7 Å². The lowest BCUT2D eigenvalue weighted by Crippen LogP contribution is -2.49. The number of anilines is 1. The van der Waals surface area contributed by atoms with Crippen molar-refractivity contribution in [3.8, 4) is 0 Å². The molecule has 0 aliphatic heterocycles. The quantitative estimate of drug-likeness (QED) is 0.772. The maximum absolute atomic E-state index is 12.0. The zero-order chi connectivity index (χ0) is 15.5. The molecule has 1 aliphatic rings. The summed E-state index contributed by atoms with van der Waals surface area (Å²) in [5, 5.41) is 21.9. The van der Waals surface area contributed by atoms with E-state index in [0.29, 0.717) is 24.2 Å². The number of carboxylic acid groups (broad SMARTS) is 1. The molecule has 0 spiro atoms. The van der Waals surface area contributed by atoms with E-state index in [0.717, 1.165) is 12.8 Å². The molecule has 2 amide bonds. The molecule has 0 unspecified atom stereocenters. The average Bonchev–Trinajstić information content (AvgIpc) is 2.80. The lowest BCUT2D eigenvalue weighted by molar-refractivity contribution is -0.138. The number of hydrogen-bond donors (Lipinski definition) is 3. The number of aliphatic carboxylic acids is 1. The summed E-state index contributed by atoms with van der Waals surface area (Å²) in [6, 6.07) is -0.497. The molecule has 0 aromatic carbocycles. The van der Waals surface area contributed by atoms with Crippen LogP contribution in [0.15, 0.2) is 0 Å². The summed E-state index contributed by atoms with van der Waals surface area (Å²) in [5.41, 5.74) is 0.698. The van der Waals surface area contributed by atoms with Gasteiger partial charge >= 0.3 is 12.0 Å². The molecule has 2 rings (SSSR count). The van der Waals surface area contributed by atoms with Crippen LogP contribution in [0, 0.1) is 13.8 Å². The highest BCUT2D eigenvalue weighted by Crippen LogP contribution is 2.32. The molecular weight excluding hydrogens is 274 g/mol. The van der Waals surface area contributed by atoms with Gasteiger partial charge in [-0.3, -0.25) is 10.1 Å². The Kier molecular flexibility index (Phi) is 4.35. The van der Waals surface area contributed by atoms with Crippen LogP contribution in [-0.4, -0.2) is 37.8 Å². The van der Waals surface area contributed by atoms with Crippen molar-refractivity contribution >= 4 is 17.9 Å². The van der Waals surface area contributed by atoms with Gasteiger partial charge in [0.15, 0.2) is 0 Å². The Balaban J connectivity index is 2.02. The zero-order valence-electron chi connectivity index (χ0n) is 12.1. The first-order valence-electron chi connectivity index (χ1n) is 6.89. The summed E-state index contributed by atoms with van der Waals surface area (Å²) in [4.78, 5) is 27.1. The summed E-state index contributed by atoms with van der Waals surface area (Å²) in [6.07, 6.45) is 3.08. The number of aryl methyl sites for hydroxylation is 2. The van der Waals surface area contributed by atoms with Crippen molar-refractivity contribution in [2.75, 3.05) is 5.32 Å². The molecule has 8 nitrogen and oxygen atoms in total. The van der Waals surface area contributed by atoms with Crippen LogP contribution in [0.25, 0.3) is 0 Å². The minimum atomic E-state index is -0.915. The van der Waals surface area contributed by atoms with Crippen molar-refractivity contribution in [1.29, 1.82) is 0 Å². The minimum Gasteiger partial charge on any atom is -0.481 e. The Labute approximate surface area is 122 Å². The SMILES string of the molecule is Cc1nnc(NC(=O)NC2(CC(=O)O)CCCC2)nc1C. The van der Waals surface area contributed by atoms with E-state index in [1.807, 2.05) is 0 Å². The minimum absolute atomic E-state index is 0.0769. The van der Waals surface area contributed by atoms with E-state index in [4.69, 9.17) is 5.11 Å². The van der Waals surface area contributed by atoms with Crippen molar-refractivity contribution < 1.29 is 14.7 Å². The molecule has 0 saturated heterocycles. The van der Waals surface area contributed by atoms with Crippen LogP contribution in [0.3, 0.4) is 0 Å². The van der Waals surface area contributed by atoms with Crippen LogP contribution >= 0.6 is 0 Å². The van der Waals surface area contributed by atoms with Gasteiger partial charge in [0.25, 0.3) is 5.95 Å². The summed E-state index contributed by atoms with van der Waals surface area (Å²) >= 11 is 0. The number of carbonyl (C=O) groups is 2. The topological polar surface area (TPSA) is 117 Å². The number of hydrogen-bond acceptors (Lipinski definition) is 5. The van der Waals surface area contributed by atoms with Gasteiger partial charge in [0, 0.05) is 0 Å². The summed E-state index contributed by atoms with van der Waals surface area (Å²) in [5.74, 6) is -0.805. The first-order chi connectivity index (χ1) is 9.90. The van der Waals surface area contributed by atoms with E-state index in [-0.39, 0.29) is 12.4 Å². The van der Waals surface area contributed by atoms with E-state index in [1.165, 1.54) is 0 Å². The van der Waals surface area contributed by atoms with Crippen LogP contribution in [0.5, 0.6) is 0 Å². The fourth-order valence-electron chi connectivity index (χ4n) is 2.57. The van der Waals surface area contributed by atoms with Gasteiger partial charge < -0.3 is 10.4 Å². The van der Waals surface area contributed by atoms with Crippen LogP contribution < -0.4 is 10.6 Å². The third-order valence-electron chi connectivity index (χ3n) is 3.75. The number of rotatable bonds is 4. The third kappa shape index (κ3) is 3.87. The normalized spacial score (nSPS) is 16.5. The smallest absolute Gasteiger partial charge is 0.322 e.